The van der Waals surface area contributed by atoms with Gasteiger partial charge in [0, 0.05) is 11.4 Å². The molecule has 1 fully saturated rings. The fraction of sp³-hybridized carbons (Fsp3) is 0.300. The minimum atomic E-state index is -0.509. The van der Waals surface area contributed by atoms with E-state index in [1.54, 1.807) is 12.3 Å². The molecule has 0 atom stereocenters. The number of H-pyrrole nitrogens is 2. The maximum Gasteiger partial charge on any atom is 0.326 e. The van der Waals surface area contributed by atoms with Gasteiger partial charge in [0.15, 0.2) is 5.65 Å². The van der Waals surface area contributed by atoms with Crippen LogP contribution in [0.3, 0.4) is 0 Å². The molecule has 11 nitrogen and oxygen atoms in total. The topological polar surface area (TPSA) is 146 Å². The van der Waals surface area contributed by atoms with Gasteiger partial charge in [0.2, 0.25) is 5.88 Å². The Kier molecular flexibility index (Phi) is 4.69. The van der Waals surface area contributed by atoms with Crippen molar-refractivity contribution >= 4 is 11.7 Å². The summed E-state index contributed by atoms with van der Waals surface area (Å²) in [7, 11) is 0. The second-order valence-electron chi connectivity index (χ2n) is 7.29. The van der Waals surface area contributed by atoms with Crippen LogP contribution in [0.1, 0.15) is 36.7 Å². The number of rotatable bonds is 6. The number of hydrogen-bond donors (Lipinski definition) is 3. The highest BCUT2D eigenvalue weighted by Crippen LogP contribution is 2.22. The Morgan fingerprint density at radius 3 is 2.84 bits per heavy atom. The van der Waals surface area contributed by atoms with E-state index in [2.05, 4.69) is 41.9 Å². The first-order valence-corrected chi connectivity index (χ1v) is 9.98. The first-order valence-electron chi connectivity index (χ1n) is 9.98. The van der Waals surface area contributed by atoms with Crippen molar-refractivity contribution in [2.24, 2.45) is 4.99 Å². The van der Waals surface area contributed by atoms with Crippen molar-refractivity contribution in [3.63, 3.8) is 0 Å². The lowest BCUT2D eigenvalue weighted by molar-refractivity contribution is 0.274. The molecule has 1 aliphatic rings. The normalized spacial score (nSPS) is 15.1. The van der Waals surface area contributed by atoms with Crippen molar-refractivity contribution in [3.05, 3.63) is 62.8 Å². The first kappa shape index (κ1) is 19.0. The van der Waals surface area contributed by atoms with Crippen molar-refractivity contribution in [1.29, 1.82) is 0 Å². The fourth-order valence-electron chi connectivity index (χ4n) is 3.01. The molecular formula is C20H20N8O3. The number of fused-ring (bicyclic) bond motifs is 1. The number of aromatic amines is 2. The summed E-state index contributed by atoms with van der Waals surface area (Å²) in [5.41, 5.74) is 2.46. The van der Waals surface area contributed by atoms with E-state index in [0.29, 0.717) is 16.5 Å². The van der Waals surface area contributed by atoms with Gasteiger partial charge in [-0.3, -0.25) is 9.97 Å². The second kappa shape index (κ2) is 7.67. The van der Waals surface area contributed by atoms with Gasteiger partial charge in [0.25, 0.3) is 5.62 Å². The number of ether oxygens (including phenoxy) is 1. The Morgan fingerprint density at radius 2 is 2.16 bits per heavy atom. The molecular weight excluding hydrogens is 400 g/mol. The zero-order valence-corrected chi connectivity index (χ0v) is 16.7. The standard InChI is InChI=1S/C20H20N8O3/c1-2-11-3-4-14(21-8-11)10-31-20-25-16-12(7-15-17(29)26-19(30)24-15)9-22-28(16)18(27-20)23-13-5-6-13/h3-4,7-9,13,29H,2,5-6,10H2,1H3,(H2,24,26,30)/b12-7+,23-18?. The Labute approximate surface area is 175 Å². The largest absolute Gasteiger partial charge is 0.493 e. The van der Waals surface area contributed by atoms with Crippen molar-refractivity contribution < 1.29 is 9.84 Å². The summed E-state index contributed by atoms with van der Waals surface area (Å²) in [5.74, 6) is -0.264. The summed E-state index contributed by atoms with van der Waals surface area (Å²) >= 11 is 0. The monoisotopic (exact) mass is 420 g/mol. The molecule has 4 heterocycles. The molecule has 11 heteroatoms. The molecule has 3 N–H and O–H groups in total. The zero-order chi connectivity index (χ0) is 21.4. The molecule has 4 aromatic rings. The minimum absolute atomic E-state index is 0.148. The molecule has 31 heavy (non-hydrogen) atoms. The van der Waals surface area contributed by atoms with Gasteiger partial charge in [-0.25, -0.2) is 9.79 Å². The van der Waals surface area contributed by atoms with Gasteiger partial charge in [0.05, 0.1) is 17.9 Å². The predicted molar refractivity (Wildman–Crippen MR) is 109 cm³/mol. The summed E-state index contributed by atoms with van der Waals surface area (Å²) in [6, 6.07) is 4.29. The predicted octanol–water partition coefficient (Wildman–Crippen LogP) is -0.00650. The van der Waals surface area contributed by atoms with Crippen LogP contribution in [0.15, 0.2) is 34.3 Å². The minimum Gasteiger partial charge on any atom is -0.493 e. The molecule has 1 saturated carbocycles. The van der Waals surface area contributed by atoms with Crippen LogP contribution in [-0.4, -0.2) is 45.7 Å². The Bertz CT molecular complexity index is 1410. The number of pyridine rings is 1. The summed E-state index contributed by atoms with van der Waals surface area (Å²) in [6.45, 7) is 2.28. The van der Waals surface area contributed by atoms with Crippen LogP contribution in [0.25, 0.3) is 11.7 Å². The number of aromatic hydroxyl groups is 1. The fourth-order valence-corrected chi connectivity index (χ4v) is 3.01. The lowest BCUT2D eigenvalue weighted by atomic mass is 10.2. The highest BCUT2D eigenvalue weighted by atomic mass is 16.5. The number of imidazole rings is 1. The molecule has 5 rings (SSSR count). The van der Waals surface area contributed by atoms with Crippen molar-refractivity contribution in [2.75, 3.05) is 0 Å². The third-order valence-corrected chi connectivity index (χ3v) is 4.88. The van der Waals surface area contributed by atoms with Gasteiger partial charge in [-0.15, -0.1) is 0 Å². The van der Waals surface area contributed by atoms with Crippen molar-refractivity contribution in [3.8, 4) is 11.9 Å². The molecule has 0 spiro atoms. The summed E-state index contributed by atoms with van der Waals surface area (Å²) in [5, 5.41) is 14.7. The van der Waals surface area contributed by atoms with Crippen molar-refractivity contribution in [1.82, 2.24) is 34.5 Å². The number of aromatic nitrogens is 7. The SMILES string of the molecule is CCc1ccc(COc2nc(=NC3CC3)n3nc/c(=C\c4[nH]c(=O)[nH]c4O)c3n2)nc1. The average Bonchev–Trinajstić information content (AvgIpc) is 3.41. The van der Waals surface area contributed by atoms with Gasteiger partial charge < -0.3 is 14.8 Å². The van der Waals surface area contributed by atoms with E-state index in [0.717, 1.165) is 30.5 Å². The van der Waals surface area contributed by atoms with E-state index < -0.39 is 5.69 Å². The van der Waals surface area contributed by atoms with E-state index in [-0.39, 0.29) is 30.2 Å². The van der Waals surface area contributed by atoms with E-state index >= 15 is 0 Å². The number of nitrogens with one attached hydrogen (secondary N) is 2. The van der Waals surface area contributed by atoms with Gasteiger partial charge >= 0.3 is 11.7 Å². The van der Waals surface area contributed by atoms with Gasteiger partial charge in [0.1, 0.15) is 12.3 Å². The maximum atomic E-state index is 11.4. The molecule has 0 aromatic carbocycles. The Hall–Kier alpha value is -4.02. The van der Waals surface area contributed by atoms with Crippen LogP contribution in [0.2, 0.25) is 0 Å². The van der Waals surface area contributed by atoms with E-state index in [9.17, 15) is 9.90 Å². The summed E-state index contributed by atoms with van der Waals surface area (Å²) in [6.07, 6.45) is 7.89. The third-order valence-electron chi connectivity index (χ3n) is 4.88. The Balaban J connectivity index is 1.55. The molecule has 1 aliphatic carbocycles. The lowest BCUT2D eigenvalue weighted by Gasteiger charge is -2.05. The molecule has 4 aromatic heterocycles. The zero-order valence-electron chi connectivity index (χ0n) is 16.7. The van der Waals surface area contributed by atoms with Crippen LogP contribution in [0.4, 0.5) is 0 Å². The van der Waals surface area contributed by atoms with Crippen LogP contribution in [0, 0.1) is 0 Å². The summed E-state index contributed by atoms with van der Waals surface area (Å²) in [4.78, 5) is 34.1. The molecule has 0 amide bonds. The second-order valence-corrected chi connectivity index (χ2v) is 7.29. The molecule has 0 aliphatic heterocycles. The quantitative estimate of drug-likeness (QED) is 0.398. The molecule has 0 bridgehead atoms. The number of hydrogen-bond acceptors (Lipinski definition) is 8. The van der Waals surface area contributed by atoms with Gasteiger partial charge in [-0.05, 0) is 37.0 Å². The van der Waals surface area contributed by atoms with Gasteiger partial charge in [-0.1, -0.05) is 13.0 Å². The van der Waals surface area contributed by atoms with Crippen LogP contribution < -0.4 is 21.3 Å². The first-order chi connectivity index (χ1) is 15.1. The van der Waals surface area contributed by atoms with E-state index in [4.69, 9.17) is 4.74 Å². The third kappa shape index (κ3) is 4.02. The number of nitrogens with zero attached hydrogens (tertiary/aromatic N) is 6. The van der Waals surface area contributed by atoms with Crippen LogP contribution in [-0.2, 0) is 13.0 Å². The molecule has 0 radical (unpaired) electrons. The molecule has 158 valence electrons. The Morgan fingerprint density at radius 1 is 1.29 bits per heavy atom. The number of aryl methyl sites for hydroxylation is 1. The van der Waals surface area contributed by atoms with Crippen molar-refractivity contribution in [2.45, 2.75) is 38.8 Å². The van der Waals surface area contributed by atoms with Crippen LogP contribution in [0.5, 0.6) is 11.9 Å². The summed E-state index contributed by atoms with van der Waals surface area (Å²) < 4.78 is 7.33. The lowest BCUT2D eigenvalue weighted by Crippen LogP contribution is -2.24. The van der Waals surface area contributed by atoms with Crippen LogP contribution >= 0.6 is 0 Å². The van der Waals surface area contributed by atoms with E-state index in [1.165, 1.54) is 4.52 Å². The molecule has 0 saturated heterocycles. The average molecular weight is 420 g/mol. The molecule has 0 unspecified atom stereocenters. The smallest absolute Gasteiger partial charge is 0.326 e. The van der Waals surface area contributed by atoms with Gasteiger partial charge in [-0.2, -0.15) is 19.6 Å². The van der Waals surface area contributed by atoms with E-state index in [1.807, 2.05) is 18.3 Å². The highest BCUT2D eigenvalue weighted by Gasteiger charge is 2.21. The highest BCUT2D eigenvalue weighted by molar-refractivity contribution is 5.56. The maximum absolute atomic E-state index is 11.4.